The molecule has 19 heavy (non-hydrogen) atoms. The Balaban J connectivity index is 2.09. The first-order valence-corrected chi connectivity index (χ1v) is 7.29. The fourth-order valence-electron chi connectivity index (χ4n) is 3.17. The van der Waals surface area contributed by atoms with Gasteiger partial charge in [-0.2, -0.15) is 0 Å². The van der Waals surface area contributed by atoms with Crippen LogP contribution in [0.15, 0.2) is 24.3 Å². The monoisotopic (exact) mass is 264 g/mol. The Labute approximate surface area is 116 Å². The highest BCUT2D eigenvalue weighted by atomic mass is 19.1. The van der Waals surface area contributed by atoms with Crippen LogP contribution in [0, 0.1) is 11.7 Å². The van der Waals surface area contributed by atoms with Gasteiger partial charge in [-0.15, -0.1) is 0 Å². The summed E-state index contributed by atoms with van der Waals surface area (Å²) in [7, 11) is 1.91. The molecule has 1 heterocycles. The van der Waals surface area contributed by atoms with Crippen LogP contribution in [0.2, 0.25) is 0 Å². The Morgan fingerprint density at radius 1 is 1.37 bits per heavy atom. The first kappa shape index (κ1) is 14.5. The number of rotatable bonds is 5. The van der Waals surface area contributed by atoms with Crippen LogP contribution in [0.4, 0.5) is 4.39 Å². The molecular formula is C16H25FN2. The minimum Gasteiger partial charge on any atom is -0.312 e. The van der Waals surface area contributed by atoms with Gasteiger partial charge in [0.05, 0.1) is 0 Å². The van der Waals surface area contributed by atoms with E-state index in [4.69, 9.17) is 0 Å². The summed E-state index contributed by atoms with van der Waals surface area (Å²) in [6.07, 6.45) is 2.53. The number of likely N-dealkylation sites (tertiary alicyclic amines) is 1. The van der Waals surface area contributed by atoms with Gasteiger partial charge in [-0.25, -0.2) is 4.39 Å². The quantitative estimate of drug-likeness (QED) is 0.878. The second-order valence-electron chi connectivity index (χ2n) is 5.81. The molecule has 106 valence electrons. The highest BCUT2D eigenvalue weighted by Crippen LogP contribution is 2.27. The third kappa shape index (κ3) is 3.34. The predicted molar refractivity (Wildman–Crippen MR) is 77.6 cm³/mol. The molecule has 2 atom stereocenters. The number of likely N-dealkylation sites (N-methyl/N-ethyl adjacent to an activating group) is 1. The predicted octanol–water partition coefficient (Wildman–Crippen LogP) is 3.21. The van der Waals surface area contributed by atoms with Crippen LogP contribution in [0.3, 0.4) is 0 Å². The Morgan fingerprint density at radius 2 is 2.11 bits per heavy atom. The van der Waals surface area contributed by atoms with Crippen molar-refractivity contribution in [1.82, 2.24) is 10.2 Å². The summed E-state index contributed by atoms with van der Waals surface area (Å²) in [5, 5.41) is 3.26. The van der Waals surface area contributed by atoms with E-state index < -0.39 is 0 Å². The number of hydrogen-bond acceptors (Lipinski definition) is 2. The summed E-state index contributed by atoms with van der Waals surface area (Å²) in [5.41, 5.74) is 0.777. The van der Waals surface area contributed by atoms with Crippen molar-refractivity contribution in [3.63, 3.8) is 0 Å². The van der Waals surface area contributed by atoms with Crippen LogP contribution in [0.25, 0.3) is 0 Å². The summed E-state index contributed by atoms with van der Waals surface area (Å²) >= 11 is 0. The third-order valence-corrected chi connectivity index (χ3v) is 4.23. The summed E-state index contributed by atoms with van der Waals surface area (Å²) in [4.78, 5) is 2.51. The average molecular weight is 264 g/mol. The van der Waals surface area contributed by atoms with Gasteiger partial charge < -0.3 is 5.32 Å². The Morgan fingerprint density at radius 3 is 2.74 bits per heavy atom. The molecule has 1 aliphatic rings. The Bertz CT molecular complexity index is 405. The minimum atomic E-state index is -0.109. The smallest absolute Gasteiger partial charge is 0.128 e. The lowest BCUT2D eigenvalue weighted by atomic mass is 10.0. The summed E-state index contributed by atoms with van der Waals surface area (Å²) < 4.78 is 13.9. The number of nitrogens with zero attached hydrogens (tertiary/aromatic N) is 1. The molecule has 0 saturated carbocycles. The van der Waals surface area contributed by atoms with Gasteiger partial charge in [0.1, 0.15) is 5.82 Å². The zero-order valence-corrected chi connectivity index (χ0v) is 12.2. The lowest BCUT2D eigenvalue weighted by Gasteiger charge is -2.31. The molecule has 2 nitrogen and oxygen atoms in total. The van der Waals surface area contributed by atoms with Crippen molar-refractivity contribution < 1.29 is 4.39 Å². The zero-order valence-electron chi connectivity index (χ0n) is 12.2. The molecule has 0 aliphatic carbocycles. The second-order valence-corrected chi connectivity index (χ2v) is 5.81. The second kappa shape index (κ2) is 6.49. The SMILES string of the molecule is CNC(CN1CCCC1C(C)C)c1ccccc1F. The molecule has 0 amide bonds. The van der Waals surface area contributed by atoms with Crippen LogP contribution in [-0.4, -0.2) is 31.1 Å². The van der Waals surface area contributed by atoms with Gasteiger partial charge in [-0.1, -0.05) is 32.0 Å². The minimum absolute atomic E-state index is 0.0700. The summed E-state index contributed by atoms with van der Waals surface area (Å²) in [5.74, 6) is 0.558. The molecule has 0 spiro atoms. The lowest BCUT2D eigenvalue weighted by molar-refractivity contribution is 0.187. The van der Waals surface area contributed by atoms with E-state index in [1.54, 1.807) is 12.1 Å². The van der Waals surface area contributed by atoms with Gasteiger partial charge in [-0.05, 0) is 38.4 Å². The molecule has 2 unspecified atom stereocenters. The molecular weight excluding hydrogens is 239 g/mol. The highest BCUT2D eigenvalue weighted by molar-refractivity contribution is 5.21. The molecule has 1 aliphatic heterocycles. The first-order chi connectivity index (χ1) is 9.13. The maximum atomic E-state index is 13.9. The van der Waals surface area contributed by atoms with Crippen molar-refractivity contribution >= 4 is 0 Å². The fraction of sp³-hybridized carbons (Fsp3) is 0.625. The van der Waals surface area contributed by atoms with E-state index in [-0.39, 0.29) is 11.9 Å². The molecule has 1 aromatic carbocycles. The number of hydrogen-bond donors (Lipinski definition) is 1. The van der Waals surface area contributed by atoms with Gasteiger partial charge >= 0.3 is 0 Å². The van der Waals surface area contributed by atoms with Crippen molar-refractivity contribution in [2.45, 2.75) is 38.8 Å². The van der Waals surface area contributed by atoms with Gasteiger partial charge in [0.25, 0.3) is 0 Å². The van der Waals surface area contributed by atoms with E-state index in [9.17, 15) is 4.39 Å². The van der Waals surface area contributed by atoms with E-state index >= 15 is 0 Å². The Kier molecular flexibility index (Phi) is 4.94. The molecule has 0 bridgehead atoms. The van der Waals surface area contributed by atoms with Crippen LogP contribution in [0.5, 0.6) is 0 Å². The van der Waals surface area contributed by atoms with E-state index in [0.29, 0.717) is 12.0 Å². The first-order valence-electron chi connectivity index (χ1n) is 7.29. The van der Waals surface area contributed by atoms with Crippen LogP contribution in [-0.2, 0) is 0 Å². The standard InChI is InChI=1S/C16H25FN2/c1-12(2)16-9-6-10-19(16)11-15(18-3)13-7-4-5-8-14(13)17/h4-5,7-8,12,15-16,18H,6,9-11H2,1-3H3. The van der Waals surface area contributed by atoms with Crippen molar-refractivity contribution in [2.24, 2.45) is 5.92 Å². The van der Waals surface area contributed by atoms with E-state index in [2.05, 4.69) is 24.1 Å². The van der Waals surface area contributed by atoms with Crippen molar-refractivity contribution in [3.05, 3.63) is 35.6 Å². The van der Waals surface area contributed by atoms with Gasteiger partial charge in [0, 0.05) is 24.2 Å². The maximum absolute atomic E-state index is 13.9. The molecule has 0 radical (unpaired) electrons. The zero-order chi connectivity index (χ0) is 13.8. The average Bonchev–Trinajstić information content (AvgIpc) is 2.85. The summed E-state index contributed by atoms with van der Waals surface area (Å²) in [6, 6.07) is 7.80. The van der Waals surface area contributed by atoms with Crippen LogP contribution < -0.4 is 5.32 Å². The number of nitrogens with one attached hydrogen (secondary N) is 1. The van der Waals surface area contributed by atoms with E-state index in [0.717, 1.165) is 18.7 Å². The fourth-order valence-corrected chi connectivity index (χ4v) is 3.17. The Hall–Kier alpha value is -0.930. The van der Waals surface area contributed by atoms with Crippen molar-refractivity contribution in [2.75, 3.05) is 20.1 Å². The highest BCUT2D eigenvalue weighted by Gasteiger charge is 2.29. The van der Waals surface area contributed by atoms with Gasteiger partial charge in [0.15, 0.2) is 0 Å². The van der Waals surface area contributed by atoms with Crippen LogP contribution in [0.1, 0.15) is 38.3 Å². The third-order valence-electron chi connectivity index (χ3n) is 4.23. The van der Waals surface area contributed by atoms with E-state index in [1.165, 1.54) is 12.8 Å². The molecule has 3 heteroatoms. The summed E-state index contributed by atoms with van der Waals surface area (Å²) in [6.45, 7) is 6.58. The molecule has 0 aromatic heterocycles. The molecule has 2 rings (SSSR count). The van der Waals surface area contributed by atoms with Crippen LogP contribution >= 0.6 is 0 Å². The molecule has 1 aromatic rings. The number of benzene rings is 1. The topological polar surface area (TPSA) is 15.3 Å². The van der Waals surface area contributed by atoms with Crippen molar-refractivity contribution in [1.29, 1.82) is 0 Å². The molecule has 1 fully saturated rings. The molecule has 1 N–H and O–H groups in total. The van der Waals surface area contributed by atoms with Gasteiger partial charge in [-0.3, -0.25) is 4.90 Å². The van der Waals surface area contributed by atoms with Crippen molar-refractivity contribution in [3.8, 4) is 0 Å². The maximum Gasteiger partial charge on any atom is 0.128 e. The normalized spacial score (nSPS) is 22.1. The lowest BCUT2D eigenvalue weighted by Crippen LogP contribution is -2.39. The largest absolute Gasteiger partial charge is 0.312 e. The van der Waals surface area contributed by atoms with E-state index in [1.807, 2.05) is 19.2 Å². The molecule has 1 saturated heterocycles. The number of halogens is 1. The van der Waals surface area contributed by atoms with Gasteiger partial charge in [0.2, 0.25) is 0 Å².